The zero-order valence-corrected chi connectivity index (χ0v) is 13.7. The summed E-state index contributed by atoms with van der Waals surface area (Å²) in [5.74, 6) is 0. The molecule has 0 saturated carbocycles. The van der Waals surface area contributed by atoms with Gasteiger partial charge in [0.2, 0.25) is 0 Å². The fourth-order valence-electron chi connectivity index (χ4n) is 1.56. The number of nitrogens with zero attached hydrogens (tertiary/aromatic N) is 1. The molecular formula is C14H13IN2O2S. The van der Waals surface area contributed by atoms with Crippen molar-refractivity contribution < 1.29 is 8.42 Å². The van der Waals surface area contributed by atoms with E-state index in [9.17, 15) is 8.42 Å². The normalized spacial score (nSPS) is 12.2. The van der Waals surface area contributed by atoms with Crippen molar-refractivity contribution in [2.75, 3.05) is 0 Å². The highest BCUT2D eigenvalue weighted by atomic mass is 127. The molecule has 20 heavy (non-hydrogen) atoms. The molecule has 0 aromatic heterocycles. The number of rotatable bonds is 4. The van der Waals surface area contributed by atoms with Crippen LogP contribution in [-0.2, 0) is 10.0 Å². The van der Waals surface area contributed by atoms with Gasteiger partial charge in [-0.1, -0.05) is 30.3 Å². The van der Waals surface area contributed by atoms with Gasteiger partial charge in [-0.15, -0.1) is 0 Å². The Morgan fingerprint density at radius 3 is 2.45 bits per heavy atom. The minimum atomic E-state index is -3.61. The maximum Gasteiger partial charge on any atom is 0.276 e. The summed E-state index contributed by atoms with van der Waals surface area (Å²) < 4.78 is 25.1. The van der Waals surface area contributed by atoms with Crippen LogP contribution in [0.3, 0.4) is 0 Å². The Kier molecular flexibility index (Phi) is 4.77. The maximum atomic E-state index is 12.0. The molecule has 0 heterocycles. The van der Waals surface area contributed by atoms with Crippen LogP contribution in [-0.4, -0.2) is 14.1 Å². The van der Waals surface area contributed by atoms with Crippen LogP contribution in [0, 0.1) is 3.57 Å². The summed E-state index contributed by atoms with van der Waals surface area (Å²) in [6, 6.07) is 15.9. The third-order valence-electron chi connectivity index (χ3n) is 2.63. The first-order chi connectivity index (χ1) is 9.49. The first-order valence-corrected chi connectivity index (χ1v) is 8.42. The summed E-state index contributed by atoms with van der Waals surface area (Å²) in [4.78, 5) is 2.44. The third kappa shape index (κ3) is 3.80. The van der Waals surface area contributed by atoms with E-state index in [1.165, 1.54) is 12.1 Å². The fraction of sp³-hybridized carbons (Fsp3) is 0.0714. The molecule has 2 aromatic carbocycles. The topological polar surface area (TPSA) is 58.5 Å². The second kappa shape index (κ2) is 6.36. The first kappa shape index (κ1) is 15.0. The minimum Gasteiger partial charge on any atom is -0.200 e. The molecule has 0 unspecified atom stereocenters. The molecule has 6 heteroatoms. The van der Waals surface area contributed by atoms with E-state index in [-0.39, 0.29) is 4.90 Å². The summed E-state index contributed by atoms with van der Waals surface area (Å²) in [7, 11) is -3.61. The standard InChI is InChI=1S/C14H13IN2O2S/c1-11(12-6-5-7-13(15)10-12)16-17-20(18,19)14-8-3-2-4-9-14/h2-10,17H,1H3. The predicted octanol–water partition coefficient (Wildman–Crippen LogP) is 2.99. The highest BCUT2D eigenvalue weighted by Crippen LogP contribution is 2.10. The number of sulfonamides is 1. The van der Waals surface area contributed by atoms with Crippen LogP contribution in [0.4, 0.5) is 0 Å². The number of nitrogens with one attached hydrogen (secondary N) is 1. The summed E-state index contributed by atoms with van der Waals surface area (Å²) >= 11 is 2.20. The Bertz CT molecular complexity index is 728. The lowest BCUT2D eigenvalue weighted by Gasteiger charge is -2.05. The molecule has 0 aliphatic rings. The van der Waals surface area contributed by atoms with Crippen LogP contribution in [0.1, 0.15) is 12.5 Å². The van der Waals surface area contributed by atoms with Gasteiger partial charge in [0.25, 0.3) is 10.0 Å². The van der Waals surface area contributed by atoms with Crippen molar-refractivity contribution in [3.05, 3.63) is 63.7 Å². The van der Waals surface area contributed by atoms with Crippen molar-refractivity contribution in [3.63, 3.8) is 0 Å². The van der Waals surface area contributed by atoms with Crippen molar-refractivity contribution in [1.29, 1.82) is 0 Å². The maximum absolute atomic E-state index is 12.0. The van der Waals surface area contributed by atoms with Crippen molar-refractivity contribution in [2.45, 2.75) is 11.8 Å². The van der Waals surface area contributed by atoms with E-state index in [0.29, 0.717) is 5.71 Å². The Labute approximate surface area is 132 Å². The molecular weight excluding hydrogens is 387 g/mol. The van der Waals surface area contributed by atoms with Gasteiger partial charge >= 0.3 is 0 Å². The number of benzene rings is 2. The van der Waals surface area contributed by atoms with Gasteiger partial charge in [-0.3, -0.25) is 0 Å². The van der Waals surface area contributed by atoms with Crippen LogP contribution in [0.2, 0.25) is 0 Å². The molecule has 0 bridgehead atoms. The molecule has 0 fully saturated rings. The predicted molar refractivity (Wildman–Crippen MR) is 88.1 cm³/mol. The van der Waals surface area contributed by atoms with Crippen molar-refractivity contribution in [1.82, 2.24) is 4.83 Å². The van der Waals surface area contributed by atoms with Crippen molar-refractivity contribution in [2.24, 2.45) is 5.10 Å². The molecule has 0 amide bonds. The van der Waals surface area contributed by atoms with Gasteiger partial charge in [-0.05, 0) is 59.3 Å². The van der Waals surface area contributed by atoms with Crippen LogP contribution in [0.5, 0.6) is 0 Å². The SMILES string of the molecule is CC(=NNS(=O)(=O)c1ccccc1)c1cccc(I)c1. The number of halogens is 1. The van der Waals surface area contributed by atoms with E-state index in [0.717, 1.165) is 9.13 Å². The Hall–Kier alpha value is -1.41. The van der Waals surface area contributed by atoms with Crippen LogP contribution in [0.25, 0.3) is 0 Å². The van der Waals surface area contributed by atoms with Crippen LogP contribution < -0.4 is 4.83 Å². The molecule has 0 aliphatic heterocycles. The first-order valence-electron chi connectivity index (χ1n) is 5.86. The fourth-order valence-corrected chi connectivity index (χ4v) is 2.98. The van der Waals surface area contributed by atoms with Gasteiger partial charge in [0, 0.05) is 3.57 Å². The molecule has 4 nitrogen and oxygen atoms in total. The van der Waals surface area contributed by atoms with Gasteiger partial charge < -0.3 is 0 Å². The highest BCUT2D eigenvalue weighted by Gasteiger charge is 2.11. The van der Waals surface area contributed by atoms with Gasteiger partial charge in [0.05, 0.1) is 10.6 Å². The van der Waals surface area contributed by atoms with Gasteiger partial charge in [0.15, 0.2) is 0 Å². The van der Waals surface area contributed by atoms with Gasteiger partial charge in [0.1, 0.15) is 0 Å². The summed E-state index contributed by atoms with van der Waals surface area (Å²) in [6.45, 7) is 1.76. The number of hydrazone groups is 1. The zero-order chi connectivity index (χ0) is 14.6. The lowest BCUT2D eigenvalue weighted by molar-refractivity contribution is 0.584. The highest BCUT2D eigenvalue weighted by molar-refractivity contribution is 14.1. The molecule has 0 radical (unpaired) electrons. The van der Waals surface area contributed by atoms with E-state index in [1.807, 2.05) is 24.3 Å². The van der Waals surface area contributed by atoms with E-state index < -0.39 is 10.0 Å². The monoisotopic (exact) mass is 400 g/mol. The second-order valence-electron chi connectivity index (χ2n) is 4.12. The van der Waals surface area contributed by atoms with E-state index in [4.69, 9.17) is 0 Å². The van der Waals surface area contributed by atoms with Crippen molar-refractivity contribution in [3.8, 4) is 0 Å². The minimum absolute atomic E-state index is 0.194. The molecule has 2 rings (SSSR count). The van der Waals surface area contributed by atoms with Crippen LogP contribution in [0.15, 0.2) is 64.6 Å². The average molecular weight is 400 g/mol. The van der Waals surface area contributed by atoms with E-state index >= 15 is 0 Å². The van der Waals surface area contributed by atoms with Crippen molar-refractivity contribution >= 4 is 38.3 Å². The summed E-state index contributed by atoms with van der Waals surface area (Å²) in [5, 5.41) is 3.96. The number of hydrogen-bond donors (Lipinski definition) is 1. The Morgan fingerprint density at radius 2 is 1.80 bits per heavy atom. The lowest BCUT2D eigenvalue weighted by Crippen LogP contribution is -2.19. The van der Waals surface area contributed by atoms with E-state index in [1.54, 1.807) is 25.1 Å². The molecule has 0 spiro atoms. The second-order valence-corrected chi connectivity index (χ2v) is 7.02. The smallest absolute Gasteiger partial charge is 0.200 e. The average Bonchev–Trinajstić information content (AvgIpc) is 2.46. The molecule has 104 valence electrons. The lowest BCUT2D eigenvalue weighted by atomic mass is 10.1. The number of hydrogen-bond acceptors (Lipinski definition) is 3. The molecule has 2 aromatic rings. The Balaban J connectivity index is 2.21. The Morgan fingerprint density at radius 1 is 1.10 bits per heavy atom. The largest absolute Gasteiger partial charge is 0.276 e. The van der Waals surface area contributed by atoms with E-state index in [2.05, 4.69) is 32.5 Å². The summed E-state index contributed by atoms with van der Waals surface area (Å²) in [6.07, 6.45) is 0. The third-order valence-corrected chi connectivity index (χ3v) is 4.52. The van der Waals surface area contributed by atoms with Gasteiger partial charge in [-0.25, -0.2) is 0 Å². The summed E-state index contributed by atoms with van der Waals surface area (Å²) in [5.41, 5.74) is 1.50. The molecule has 1 N–H and O–H groups in total. The molecule has 0 atom stereocenters. The zero-order valence-electron chi connectivity index (χ0n) is 10.7. The van der Waals surface area contributed by atoms with Gasteiger partial charge in [-0.2, -0.15) is 18.4 Å². The van der Waals surface area contributed by atoms with Crippen LogP contribution >= 0.6 is 22.6 Å². The molecule has 0 aliphatic carbocycles. The molecule has 0 saturated heterocycles. The quantitative estimate of drug-likeness (QED) is 0.488.